The van der Waals surface area contributed by atoms with Crippen LogP contribution in [-0.4, -0.2) is 38.6 Å². The van der Waals surface area contributed by atoms with Crippen molar-refractivity contribution in [1.29, 1.82) is 0 Å². The Morgan fingerprint density at radius 1 is 0.591 bits per heavy atom. The van der Waals surface area contributed by atoms with E-state index in [4.69, 9.17) is 28.4 Å². The molecule has 0 aromatic heterocycles. The fourth-order valence-corrected chi connectivity index (χ4v) is 4.23. The minimum absolute atomic E-state index is 0.0964. The molecule has 2 atom stereocenters. The van der Waals surface area contributed by atoms with Crippen LogP contribution >= 0.6 is 0 Å². The molecule has 0 saturated carbocycles. The molecule has 2 aliphatic rings. The maximum atomic E-state index is 14.6. The summed E-state index contributed by atoms with van der Waals surface area (Å²) in [5.74, 6) is -3.83. The van der Waals surface area contributed by atoms with Gasteiger partial charge in [-0.25, -0.2) is 8.78 Å². The minimum Gasteiger partial charge on any atom is -0.493 e. The van der Waals surface area contributed by atoms with Gasteiger partial charge in [-0.1, -0.05) is 0 Å². The van der Waals surface area contributed by atoms with Gasteiger partial charge in [-0.05, 0) is 36.4 Å². The van der Waals surface area contributed by atoms with Gasteiger partial charge >= 0.3 is 12.4 Å². The maximum Gasteiger partial charge on any atom is 0.420 e. The molecule has 44 heavy (non-hydrogen) atoms. The second kappa shape index (κ2) is 13.1. The van der Waals surface area contributed by atoms with Crippen LogP contribution in [0.5, 0.6) is 23.0 Å². The van der Waals surface area contributed by atoms with Crippen LogP contribution < -0.4 is 18.9 Å². The van der Waals surface area contributed by atoms with Gasteiger partial charge in [0.2, 0.25) is 0 Å². The molecule has 3 aromatic rings. The third-order valence-electron chi connectivity index (χ3n) is 6.73. The summed E-state index contributed by atoms with van der Waals surface area (Å²) in [5, 5.41) is 0. The first-order chi connectivity index (χ1) is 20.9. The Balaban J connectivity index is 1.30. The number of rotatable bonds is 14. The van der Waals surface area contributed by atoms with Crippen molar-refractivity contribution in [2.24, 2.45) is 0 Å². The molecule has 2 saturated heterocycles. The number of hydrogen-bond acceptors (Lipinski definition) is 6. The lowest BCUT2D eigenvalue weighted by molar-refractivity contribution is -0.164. The number of hydrogen-bond donors (Lipinski definition) is 0. The lowest BCUT2D eigenvalue weighted by Crippen LogP contribution is -2.20. The SMILES string of the molecule is Fc1cc(OCCC2CO2)ccc1COc1ccc(OCc2ccc(OCCC3CO3)cc2F)c(C(F)(F)F)c1C(F)(F)F. The van der Waals surface area contributed by atoms with E-state index < -0.39 is 59.8 Å². The van der Waals surface area contributed by atoms with Crippen LogP contribution in [0.1, 0.15) is 35.1 Å². The molecule has 238 valence electrons. The highest BCUT2D eigenvalue weighted by Gasteiger charge is 2.48. The monoisotopic (exact) mass is 634 g/mol. The molecular weight excluding hydrogens is 608 g/mol. The summed E-state index contributed by atoms with van der Waals surface area (Å²) in [7, 11) is 0. The third-order valence-corrected chi connectivity index (χ3v) is 6.73. The van der Waals surface area contributed by atoms with Crippen molar-refractivity contribution < 1.29 is 63.5 Å². The second-order valence-electron chi connectivity index (χ2n) is 10.1. The average Bonchev–Trinajstić information content (AvgIpc) is 3.88. The Kier molecular flexibility index (Phi) is 9.39. The van der Waals surface area contributed by atoms with Crippen LogP contribution in [-0.2, 0) is 35.0 Å². The van der Waals surface area contributed by atoms with Gasteiger partial charge in [0, 0.05) is 36.1 Å². The van der Waals surface area contributed by atoms with Crippen LogP contribution in [0, 0.1) is 11.6 Å². The largest absolute Gasteiger partial charge is 0.493 e. The molecule has 0 amide bonds. The van der Waals surface area contributed by atoms with Gasteiger partial charge in [0.15, 0.2) is 0 Å². The first-order valence-electron chi connectivity index (χ1n) is 13.5. The zero-order valence-electron chi connectivity index (χ0n) is 22.9. The van der Waals surface area contributed by atoms with Gasteiger partial charge < -0.3 is 28.4 Å². The summed E-state index contributed by atoms with van der Waals surface area (Å²) in [6.07, 6.45) is -9.70. The molecule has 0 N–H and O–H groups in total. The maximum absolute atomic E-state index is 14.6. The minimum atomic E-state index is -5.54. The highest BCUT2D eigenvalue weighted by atomic mass is 19.4. The van der Waals surface area contributed by atoms with E-state index >= 15 is 0 Å². The quantitative estimate of drug-likeness (QED) is 0.135. The van der Waals surface area contributed by atoms with Crippen molar-refractivity contribution in [3.05, 3.63) is 82.4 Å². The molecule has 0 aliphatic carbocycles. The van der Waals surface area contributed by atoms with E-state index in [0.717, 1.165) is 12.1 Å². The molecular formula is C30H26F8O6. The van der Waals surface area contributed by atoms with Crippen LogP contribution in [0.4, 0.5) is 35.1 Å². The topological polar surface area (TPSA) is 62.0 Å². The predicted octanol–water partition coefficient (Wildman–Crippen LogP) is 7.50. The van der Waals surface area contributed by atoms with Gasteiger partial charge in [-0.2, -0.15) is 26.3 Å². The molecule has 2 aliphatic heterocycles. The number of benzene rings is 3. The van der Waals surface area contributed by atoms with Crippen molar-refractivity contribution in [2.45, 2.75) is 50.6 Å². The van der Waals surface area contributed by atoms with Gasteiger partial charge in [0.1, 0.15) is 59.0 Å². The van der Waals surface area contributed by atoms with Crippen LogP contribution in [0.2, 0.25) is 0 Å². The highest BCUT2D eigenvalue weighted by Crippen LogP contribution is 2.49. The summed E-state index contributed by atoms with van der Waals surface area (Å²) in [5.41, 5.74) is -4.75. The Morgan fingerprint density at radius 3 is 1.30 bits per heavy atom. The Morgan fingerprint density at radius 2 is 0.977 bits per heavy atom. The lowest BCUT2D eigenvalue weighted by atomic mass is 10.0. The molecule has 2 fully saturated rings. The van der Waals surface area contributed by atoms with E-state index in [1.165, 1.54) is 24.3 Å². The summed E-state index contributed by atoms with van der Waals surface area (Å²) in [4.78, 5) is 0. The number of alkyl halides is 6. The summed E-state index contributed by atoms with van der Waals surface area (Å²) < 4.78 is 145. The van der Waals surface area contributed by atoms with E-state index in [1.807, 2.05) is 0 Å². The van der Waals surface area contributed by atoms with Gasteiger partial charge in [0.25, 0.3) is 0 Å². The molecule has 3 aromatic carbocycles. The fraction of sp³-hybridized carbons (Fsp3) is 0.400. The van der Waals surface area contributed by atoms with Crippen molar-refractivity contribution in [1.82, 2.24) is 0 Å². The van der Waals surface area contributed by atoms with E-state index in [-0.39, 0.29) is 48.0 Å². The highest BCUT2D eigenvalue weighted by molar-refractivity contribution is 5.52. The molecule has 0 spiro atoms. The van der Waals surface area contributed by atoms with E-state index in [1.54, 1.807) is 0 Å². The molecule has 14 heteroatoms. The smallest absolute Gasteiger partial charge is 0.420 e. The summed E-state index contributed by atoms with van der Waals surface area (Å²) >= 11 is 0. The summed E-state index contributed by atoms with van der Waals surface area (Å²) in [6.45, 7) is 0.137. The Bertz CT molecular complexity index is 1340. The molecule has 0 bridgehead atoms. The van der Waals surface area contributed by atoms with Crippen LogP contribution in [0.25, 0.3) is 0 Å². The number of epoxide rings is 2. The molecule has 2 heterocycles. The number of halogens is 8. The average molecular weight is 635 g/mol. The van der Waals surface area contributed by atoms with Crippen molar-refractivity contribution in [3.8, 4) is 23.0 Å². The van der Waals surface area contributed by atoms with E-state index in [9.17, 15) is 35.1 Å². The zero-order valence-corrected chi connectivity index (χ0v) is 22.9. The van der Waals surface area contributed by atoms with E-state index in [0.29, 0.717) is 38.2 Å². The first-order valence-corrected chi connectivity index (χ1v) is 13.5. The normalized spacial score (nSPS) is 17.7. The molecule has 0 radical (unpaired) electrons. The Labute approximate surface area is 246 Å². The van der Waals surface area contributed by atoms with Crippen LogP contribution in [0.3, 0.4) is 0 Å². The molecule has 2 unspecified atom stereocenters. The van der Waals surface area contributed by atoms with Gasteiger partial charge in [-0.15, -0.1) is 0 Å². The van der Waals surface area contributed by atoms with Gasteiger partial charge in [0.05, 0.1) is 38.6 Å². The van der Waals surface area contributed by atoms with Crippen LogP contribution in [0.15, 0.2) is 48.5 Å². The predicted molar refractivity (Wildman–Crippen MR) is 138 cm³/mol. The van der Waals surface area contributed by atoms with Crippen molar-refractivity contribution >= 4 is 0 Å². The van der Waals surface area contributed by atoms with Crippen molar-refractivity contribution in [2.75, 3.05) is 26.4 Å². The number of ether oxygens (including phenoxy) is 6. The second-order valence-corrected chi connectivity index (χ2v) is 10.1. The zero-order chi connectivity index (χ0) is 31.5. The Hall–Kier alpha value is -3.78. The van der Waals surface area contributed by atoms with E-state index in [2.05, 4.69) is 0 Å². The molecule has 5 rings (SSSR count). The van der Waals surface area contributed by atoms with Crippen molar-refractivity contribution in [3.63, 3.8) is 0 Å². The summed E-state index contributed by atoms with van der Waals surface area (Å²) in [6, 6.07) is 8.38. The standard InChI is InChI=1S/C30H26F8O6/c31-23-11-19(39-9-7-21-15-41-21)3-1-17(23)13-43-25-5-6-26(28(30(36,37)38)27(25)29(33,34)35)44-14-18-2-4-20(12-24(18)32)40-10-8-22-16-42-22/h1-6,11-12,21-22H,7-10,13-16H2. The van der Waals surface area contributed by atoms with Gasteiger partial charge in [-0.3, -0.25) is 0 Å². The third kappa shape index (κ3) is 8.44. The lowest BCUT2D eigenvalue weighted by Gasteiger charge is -2.22. The fourth-order valence-electron chi connectivity index (χ4n) is 4.23. The molecule has 6 nitrogen and oxygen atoms in total. The first kappa shape index (κ1) is 31.6.